The topological polar surface area (TPSA) is 57.5 Å². The van der Waals surface area contributed by atoms with E-state index in [4.69, 9.17) is 0 Å². The first-order valence-corrected chi connectivity index (χ1v) is 9.05. The number of aromatic nitrogens is 2. The molecule has 1 unspecified atom stereocenters. The zero-order valence-corrected chi connectivity index (χ0v) is 16.9. The number of aryl methyl sites for hydroxylation is 3. The molecular formula is C20H32N6. The second-order valence-electron chi connectivity index (χ2n) is 7.05. The number of hydrogen-bond acceptors (Lipinski definition) is 3. The van der Waals surface area contributed by atoms with E-state index in [0.29, 0.717) is 0 Å². The highest BCUT2D eigenvalue weighted by Gasteiger charge is 2.16. The van der Waals surface area contributed by atoms with Crippen molar-refractivity contribution in [1.82, 2.24) is 25.3 Å². The second kappa shape index (κ2) is 9.38. The van der Waals surface area contributed by atoms with Crippen molar-refractivity contribution in [1.29, 1.82) is 0 Å². The quantitative estimate of drug-likeness (QED) is 0.589. The monoisotopic (exact) mass is 356 g/mol. The Morgan fingerprint density at radius 3 is 2.42 bits per heavy atom. The summed E-state index contributed by atoms with van der Waals surface area (Å²) in [7, 11) is 7.91. The van der Waals surface area contributed by atoms with E-state index in [-0.39, 0.29) is 6.04 Å². The van der Waals surface area contributed by atoms with E-state index in [2.05, 4.69) is 78.0 Å². The molecule has 1 aromatic carbocycles. The molecule has 0 saturated heterocycles. The van der Waals surface area contributed by atoms with Gasteiger partial charge in [0, 0.05) is 38.9 Å². The zero-order chi connectivity index (χ0) is 19.1. The number of guanidine groups is 1. The van der Waals surface area contributed by atoms with Crippen LogP contribution in [0, 0.1) is 13.8 Å². The largest absolute Gasteiger partial charge is 0.356 e. The van der Waals surface area contributed by atoms with Gasteiger partial charge in [-0.05, 0) is 39.9 Å². The highest BCUT2D eigenvalue weighted by Crippen LogP contribution is 2.16. The van der Waals surface area contributed by atoms with E-state index in [1.54, 1.807) is 7.05 Å². The van der Waals surface area contributed by atoms with Crippen molar-refractivity contribution in [3.63, 3.8) is 0 Å². The SMILES string of the molecule is CN=C(NCCc1cc(C)cc(C)c1)NCC(c1cnn(C)c1)N(C)C. The maximum atomic E-state index is 4.34. The van der Waals surface area contributed by atoms with Crippen molar-refractivity contribution < 1.29 is 0 Å². The van der Waals surface area contributed by atoms with Crippen LogP contribution in [-0.4, -0.2) is 54.9 Å². The predicted molar refractivity (Wildman–Crippen MR) is 109 cm³/mol. The molecule has 26 heavy (non-hydrogen) atoms. The number of aliphatic imine (C=N–C) groups is 1. The van der Waals surface area contributed by atoms with Crippen LogP contribution in [0.15, 0.2) is 35.6 Å². The van der Waals surface area contributed by atoms with Gasteiger partial charge in [0.2, 0.25) is 0 Å². The summed E-state index contributed by atoms with van der Waals surface area (Å²) in [5.74, 6) is 0.824. The summed E-state index contributed by atoms with van der Waals surface area (Å²) >= 11 is 0. The summed E-state index contributed by atoms with van der Waals surface area (Å²) in [6.07, 6.45) is 4.95. The third kappa shape index (κ3) is 5.88. The van der Waals surface area contributed by atoms with Gasteiger partial charge in [-0.3, -0.25) is 9.67 Å². The molecule has 0 radical (unpaired) electrons. The van der Waals surface area contributed by atoms with E-state index in [1.165, 1.54) is 22.3 Å². The summed E-state index contributed by atoms with van der Waals surface area (Å²) in [5.41, 5.74) is 5.17. The van der Waals surface area contributed by atoms with Crippen molar-refractivity contribution in [2.45, 2.75) is 26.3 Å². The van der Waals surface area contributed by atoms with Gasteiger partial charge in [-0.2, -0.15) is 5.10 Å². The standard InChI is InChI=1S/C20H32N6/c1-15-9-16(2)11-17(10-15)7-8-22-20(21-3)23-13-19(25(4)5)18-12-24-26(6)14-18/h9-12,14,19H,7-8,13H2,1-6H3,(H2,21,22,23). The number of rotatable bonds is 7. The summed E-state index contributed by atoms with van der Waals surface area (Å²) < 4.78 is 1.84. The Balaban J connectivity index is 1.86. The number of benzene rings is 1. The first-order chi connectivity index (χ1) is 12.4. The normalized spacial score (nSPS) is 13.1. The first kappa shape index (κ1) is 20.0. The molecular weight excluding hydrogens is 324 g/mol. The summed E-state index contributed by atoms with van der Waals surface area (Å²) in [6, 6.07) is 6.93. The van der Waals surface area contributed by atoms with Gasteiger partial charge >= 0.3 is 0 Å². The Labute approximate surface area is 157 Å². The van der Waals surface area contributed by atoms with Crippen LogP contribution in [0.5, 0.6) is 0 Å². The molecule has 1 aromatic heterocycles. The van der Waals surface area contributed by atoms with Crippen LogP contribution in [-0.2, 0) is 13.5 Å². The smallest absolute Gasteiger partial charge is 0.191 e. The van der Waals surface area contributed by atoms with Gasteiger partial charge in [-0.1, -0.05) is 29.3 Å². The van der Waals surface area contributed by atoms with Crippen molar-refractivity contribution in [2.24, 2.45) is 12.0 Å². The van der Waals surface area contributed by atoms with Crippen LogP contribution in [0.3, 0.4) is 0 Å². The molecule has 142 valence electrons. The maximum Gasteiger partial charge on any atom is 0.191 e. The third-order valence-electron chi connectivity index (χ3n) is 4.41. The van der Waals surface area contributed by atoms with E-state index in [9.17, 15) is 0 Å². The molecule has 0 aliphatic heterocycles. The van der Waals surface area contributed by atoms with E-state index >= 15 is 0 Å². The first-order valence-electron chi connectivity index (χ1n) is 9.05. The van der Waals surface area contributed by atoms with E-state index in [0.717, 1.165) is 25.5 Å². The number of likely N-dealkylation sites (N-methyl/N-ethyl adjacent to an activating group) is 1. The summed E-state index contributed by atoms with van der Waals surface area (Å²) in [5, 5.41) is 11.1. The van der Waals surface area contributed by atoms with Gasteiger partial charge in [-0.25, -0.2) is 0 Å². The summed E-state index contributed by atoms with van der Waals surface area (Å²) in [4.78, 5) is 6.53. The maximum absolute atomic E-state index is 4.34. The average molecular weight is 357 g/mol. The average Bonchev–Trinajstić information content (AvgIpc) is 2.98. The Hall–Kier alpha value is -2.34. The molecule has 2 N–H and O–H groups in total. The van der Waals surface area contributed by atoms with Gasteiger partial charge in [-0.15, -0.1) is 0 Å². The van der Waals surface area contributed by atoms with E-state index in [1.807, 2.05) is 17.9 Å². The van der Waals surface area contributed by atoms with Gasteiger partial charge in [0.1, 0.15) is 0 Å². The molecule has 6 heteroatoms. The lowest BCUT2D eigenvalue weighted by Gasteiger charge is -2.24. The molecule has 1 atom stereocenters. The van der Waals surface area contributed by atoms with Crippen molar-refractivity contribution >= 4 is 5.96 Å². The third-order valence-corrected chi connectivity index (χ3v) is 4.41. The highest BCUT2D eigenvalue weighted by atomic mass is 15.3. The molecule has 0 aliphatic carbocycles. The highest BCUT2D eigenvalue weighted by molar-refractivity contribution is 5.79. The molecule has 0 fully saturated rings. The molecule has 0 saturated carbocycles. The molecule has 0 spiro atoms. The van der Waals surface area contributed by atoms with Crippen LogP contribution < -0.4 is 10.6 Å². The molecule has 0 aliphatic rings. The van der Waals surface area contributed by atoms with Gasteiger partial charge < -0.3 is 15.5 Å². The van der Waals surface area contributed by atoms with Crippen LogP contribution >= 0.6 is 0 Å². The minimum absolute atomic E-state index is 0.238. The summed E-state index contributed by atoms with van der Waals surface area (Å²) in [6.45, 7) is 5.90. The molecule has 0 amide bonds. The van der Waals surface area contributed by atoms with Crippen LogP contribution in [0.1, 0.15) is 28.3 Å². The molecule has 2 aromatic rings. The second-order valence-corrected chi connectivity index (χ2v) is 7.05. The van der Waals surface area contributed by atoms with Crippen LogP contribution in [0.2, 0.25) is 0 Å². The van der Waals surface area contributed by atoms with Crippen molar-refractivity contribution in [3.05, 3.63) is 52.8 Å². The predicted octanol–water partition coefficient (Wildman–Crippen LogP) is 2.05. The lowest BCUT2D eigenvalue weighted by atomic mass is 10.1. The zero-order valence-electron chi connectivity index (χ0n) is 16.9. The minimum Gasteiger partial charge on any atom is -0.356 e. The Kier molecular flexibility index (Phi) is 7.21. The fraction of sp³-hybridized carbons (Fsp3) is 0.500. The van der Waals surface area contributed by atoms with E-state index < -0.39 is 0 Å². The van der Waals surface area contributed by atoms with Crippen molar-refractivity contribution in [2.75, 3.05) is 34.2 Å². The number of hydrogen-bond donors (Lipinski definition) is 2. The minimum atomic E-state index is 0.238. The fourth-order valence-corrected chi connectivity index (χ4v) is 3.16. The molecule has 6 nitrogen and oxygen atoms in total. The molecule has 2 rings (SSSR count). The number of nitrogens with one attached hydrogen (secondary N) is 2. The molecule has 0 bridgehead atoms. The number of nitrogens with zero attached hydrogens (tertiary/aromatic N) is 4. The van der Waals surface area contributed by atoms with Crippen LogP contribution in [0.25, 0.3) is 0 Å². The van der Waals surface area contributed by atoms with Gasteiger partial charge in [0.25, 0.3) is 0 Å². The fourth-order valence-electron chi connectivity index (χ4n) is 3.16. The Morgan fingerprint density at radius 2 is 1.88 bits per heavy atom. The van der Waals surface area contributed by atoms with Crippen LogP contribution in [0.4, 0.5) is 0 Å². The van der Waals surface area contributed by atoms with Crippen molar-refractivity contribution in [3.8, 4) is 0 Å². The molecule has 1 heterocycles. The Morgan fingerprint density at radius 1 is 1.19 bits per heavy atom. The van der Waals surface area contributed by atoms with Gasteiger partial charge in [0.15, 0.2) is 5.96 Å². The Bertz CT molecular complexity index is 711. The lowest BCUT2D eigenvalue weighted by Crippen LogP contribution is -2.42. The lowest BCUT2D eigenvalue weighted by molar-refractivity contribution is 0.298. The van der Waals surface area contributed by atoms with Gasteiger partial charge in [0.05, 0.1) is 12.2 Å².